The average molecular weight is 420 g/mol. The van der Waals surface area contributed by atoms with Crippen LogP contribution >= 0.6 is 0 Å². The molecule has 0 aliphatic heterocycles. The van der Waals surface area contributed by atoms with Crippen LogP contribution in [0.15, 0.2) is 17.0 Å². The molecule has 6 heteroatoms. The van der Waals surface area contributed by atoms with E-state index >= 15 is 0 Å². The summed E-state index contributed by atoms with van der Waals surface area (Å²) in [6.07, 6.45) is 5.18. The van der Waals surface area contributed by atoms with E-state index in [4.69, 9.17) is 4.74 Å². The summed E-state index contributed by atoms with van der Waals surface area (Å²) in [6, 6.07) is 3.38. The van der Waals surface area contributed by atoms with Crippen LogP contribution < -0.4 is 4.72 Å². The lowest BCUT2D eigenvalue weighted by Gasteiger charge is -2.61. The summed E-state index contributed by atoms with van der Waals surface area (Å²) in [5.74, 6) is 0.543. The molecule has 2 N–H and O–H groups in total. The lowest BCUT2D eigenvalue weighted by molar-refractivity contribution is -0.183. The first-order valence-electron chi connectivity index (χ1n) is 10.8. The molecule has 0 amide bonds. The van der Waals surface area contributed by atoms with Gasteiger partial charge in [0.2, 0.25) is 0 Å². The molecule has 160 valence electrons. The van der Waals surface area contributed by atoms with Crippen molar-refractivity contribution in [2.75, 3.05) is 6.61 Å². The van der Waals surface area contributed by atoms with Crippen LogP contribution in [0.5, 0.6) is 0 Å². The van der Waals surface area contributed by atoms with Crippen molar-refractivity contribution in [3.05, 3.63) is 28.8 Å². The molecule has 4 aliphatic rings. The lowest BCUT2D eigenvalue weighted by Crippen LogP contribution is -2.64. The normalized spacial score (nSPS) is 34.8. The maximum atomic E-state index is 13.4. The van der Waals surface area contributed by atoms with Gasteiger partial charge in [0.15, 0.2) is 0 Å². The number of esters is 1. The monoisotopic (exact) mass is 419 g/mol. The van der Waals surface area contributed by atoms with E-state index in [1.807, 2.05) is 32.9 Å². The number of carbonyl (C=O) groups excluding carboxylic acids is 1. The number of hydrogen-bond acceptors (Lipinski definition) is 4. The molecule has 2 unspecified atom stereocenters. The molecule has 4 bridgehead atoms. The molecule has 4 fully saturated rings. The molecule has 5 rings (SSSR count). The summed E-state index contributed by atoms with van der Waals surface area (Å²) in [5.41, 5.74) is 1.98. The van der Waals surface area contributed by atoms with Crippen molar-refractivity contribution in [3.63, 3.8) is 0 Å². The molecule has 4 aliphatic carbocycles. The predicted molar refractivity (Wildman–Crippen MR) is 113 cm³/mol. The summed E-state index contributed by atoms with van der Waals surface area (Å²) in [5, 5.41) is 11.1. The fourth-order valence-corrected chi connectivity index (χ4v) is 8.28. The van der Waals surface area contributed by atoms with Gasteiger partial charge in [-0.05, 0) is 89.2 Å². The Labute approximate surface area is 176 Å². The van der Waals surface area contributed by atoms with E-state index < -0.39 is 22.6 Å². The van der Waals surface area contributed by atoms with E-state index in [1.54, 1.807) is 6.92 Å². The van der Waals surface area contributed by atoms with Gasteiger partial charge in [-0.1, -0.05) is 17.7 Å². The van der Waals surface area contributed by atoms with Crippen LogP contribution in [0, 0.1) is 38.0 Å². The van der Waals surface area contributed by atoms with E-state index in [0.29, 0.717) is 24.9 Å². The molecule has 0 radical (unpaired) electrons. The van der Waals surface area contributed by atoms with Crippen molar-refractivity contribution in [2.45, 2.75) is 82.8 Å². The van der Waals surface area contributed by atoms with Crippen molar-refractivity contribution in [2.24, 2.45) is 17.3 Å². The third kappa shape index (κ3) is 3.79. The first-order chi connectivity index (χ1) is 13.6. The van der Waals surface area contributed by atoms with Crippen LogP contribution in [0.3, 0.4) is 0 Å². The van der Waals surface area contributed by atoms with Crippen LogP contribution in [0.25, 0.3) is 0 Å². The Balaban J connectivity index is 1.67. The molecule has 1 aromatic rings. The van der Waals surface area contributed by atoms with Crippen LogP contribution in [0.2, 0.25) is 0 Å². The topological polar surface area (TPSA) is 75.6 Å². The number of ether oxygens (including phenoxy) is 1. The Hall–Kier alpha value is -1.24. The lowest BCUT2D eigenvalue weighted by atomic mass is 9.46. The Kier molecular flexibility index (Phi) is 5.41. The first kappa shape index (κ1) is 21.0. The summed E-state index contributed by atoms with van der Waals surface area (Å²) >= 11 is 0. The van der Waals surface area contributed by atoms with Gasteiger partial charge in [-0.3, -0.25) is 4.79 Å². The fourth-order valence-electron chi connectivity index (χ4n) is 6.90. The van der Waals surface area contributed by atoms with Crippen molar-refractivity contribution in [1.29, 1.82) is 0 Å². The minimum atomic E-state index is -1.53. The molecule has 29 heavy (non-hydrogen) atoms. The molecule has 4 atom stereocenters. The van der Waals surface area contributed by atoms with Crippen molar-refractivity contribution >= 4 is 17.0 Å². The molecule has 0 saturated heterocycles. The van der Waals surface area contributed by atoms with Gasteiger partial charge in [0.25, 0.3) is 0 Å². The van der Waals surface area contributed by atoms with Gasteiger partial charge in [-0.15, -0.1) is 0 Å². The quantitative estimate of drug-likeness (QED) is 0.692. The van der Waals surface area contributed by atoms with Gasteiger partial charge in [0.1, 0.15) is 17.0 Å². The van der Waals surface area contributed by atoms with E-state index in [-0.39, 0.29) is 11.4 Å². The van der Waals surface area contributed by atoms with Gasteiger partial charge in [0.05, 0.1) is 17.1 Å². The standard InChI is InChI=1S/C23H33NO4S/c1-5-28-21(25)20(24-29(27)19-15(3)6-14(2)7-16(19)4)22-9-17-8-18(10-22)12-23(26,11-17)13-22/h6-7,17-18,20,24,26H,5,8-13H2,1-4H3/t17?,18?,20-,22?,23?,29+/m1/s1. The number of aryl methyl sites for hydroxylation is 3. The summed E-state index contributed by atoms with van der Waals surface area (Å²) < 4.78 is 22.0. The van der Waals surface area contributed by atoms with Crippen molar-refractivity contribution in [1.82, 2.24) is 4.72 Å². The van der Waals surface area contributed by atoms with Gasteiger partial charge >= 0.3 is 5.97 Å². The fraction of sp³-hybridized carbons (Fsp3) is 0.696. The Morgan fingerprint density at radius 1 is 1.21 bits per heavy atom. The third-order valence-corrected chi connectivity index (χ3v) is 8.69. The Morgan fingerprint density at radius 3 is 2.31 bits per heavy atom. The van der Waals surface area contributed by atoms with Gasteiger partial charge in [-0.25, -0.2) is 8.93 Å². The second kappa shape index (κ2) is 7.47. The maximum absolute atomic E-state index is 13.4. The smallest absolute Gasteiger partial charge is 0.324 e. The van der Waals surface area contributed by atoms with Crippen molar-refractivity contribution < 1.29 is 18.8 Å². The van der Waals surface area contributed by atoms with Crippen LogP contribution in [0.1, 0.15) is 62.1 Å². The number of carbonyl (C=O) groups is 1. The van der Waals surface area contributed by atoms with Gasteiger partial charge < -0.3 is 9.84 Å². The molecule has 4 saturated carbocycles. The number of hydrogen-bond donors (Lipinski definition) is 2. The Bertz CT molecular complexity index is 814. The van der Waals surface area contributed by atoms with Crippen LogP contribution in [-0.4, -0.2) is 33.5 Å². The summed E-state index contributed by atoms with van der Waals surface area (Å²) in [4.78, 5) is 13.8. The predicted octanol–water partition coefficient (Wildman–Crippen LogP) is 3.49. The average Bonchev–Trinajstić information content (AvgIpc) is 2.56. The largest absolute Gasteiger partial charge is 0.465 e. The van der Waals surface area contributed by atoms with Gasteiger partial charge in [-0.2, -0.15) is 0 Å². The minimum absolute atomic E-state index is 0.291. The number of rotatable bonds is 6. The van der Waals surface area contributed by atoms with Crippen LogP contribution in [-0.2, 0) is 20.5 Å². The Morgan fingerprint density at radius 2 is 1.79 bits per heavy atom. The molecule has 0 aromatic heterocycles. The molecule has 0 spiro atoms. The van der Waals surface area contributed by atoms with E-state index in [0.717, 1.165) is 53.7 Å². The number of aliphatic hydroxyl groups is 1. The molecule has 0 heterocycles. The van der Waals surface area contributed by atoms with E-state index in [9.17, 15) is 14.1 Å². The third-order valence-electron chi connectivity index (χ3n) is 7.23. The van der Waals surface area contributed by atoms with Crippen molar-refractivity contribution in [3.8, 4) is 0 Å². The maximum Gasteiger partial charge on any atom is 0.324 e. The molecule has 1 aromatic carbocycles. The number of nitrogens with one attached hydrogen (secondary N) is 1. The minimum Gasteiger partial charge on any atom is -0.465 e. The highest BCUT2D eigenvalue weighted by molar-refractivity contribution is 7.83. The van der Waals surface area contributed by atoms with Gasteiger partial charge in [0, 0.05) is 5.41 Å². The molecular formula is C23H33NO4S. The zero-order valence-corrected chi connectivity index (χ0v) is 18.7. The highest BCUT2D eigenvalue weighted by Crippen LogP contribution is 2.63. The second-order valence-corrected chi connectivity index (χ2v) is 11.0. The molecular weight excluding hydrogens is 386 g/mol. The first-order valence-corrected chi connectivity index (χ1v) is 11.9. The summed E-state index contributed by atoms with van der Waals surface area (Å²) in [7, 11) is -1.53. The SMILES string of the molecule is CCOC(=O)[C@@H](N[S@@](=O)c1c(C)cc(C)cc1C)C12CC3CC(CC(O)(C3)C1)C2. The highest BCUT2D eigenvalue weighted by atomic mass is 32.2. The highest BCUT2D eigenvalue weighted by Gasteiger charge is 2.61. The zero-order chi connectivity index (χ0) is 21.0. The van der Waals surface area contributed by atoms with Crippen LogP contribution in [0.4, 0.5) is 0 Å². The number of benzene rings is 1. The second-order valence-electron chi connectivity index (χ2n) is 9.85. The van der Waals surface area contributed by atoms with E-state index in [1.165, 1.54) is 0 Å². The van der Waals surface area contributed by atoms with E-state index in [2.05, 4.69) is 4.72 Å². The zero-order valence-electron chi connectivity index (χ0n) is 17.9. The molecule has 5 nitrogen and oxygen atoms in total. The summed E-state index contributed by atoms with van der Waals surface area (Å²) in [6.45, 7) is 8.04.